The second-order valence-electron chi connectivity index (χ2n) is 9.65. The normalized spacial score (nSPS) is 20.3. The number of hydrogen-bond acceptors (Lipinski definition) is 8. The highest BCUT2D eigenvalue weighted by atomic mass is 16.6. The Hall–Kier alpha value is -3.89. The zero-order valence-electron chi connectivity index (χ0n) is 20.5. The van der Waals surface area contributed by atoms with Gasteiger partial charge in [0.2, 0.25) is 11.8 Å². The molecule has 0 aromatic carbocycles. The van der Waals surface area contributed by atoms with Gasteiger partial charge < -0.3 is 24.2 Å². The van der Waals surface area contributed by atoms with E-state index in [-0.39, 0.29) is 30.6 Å². The Balaban J connectivity index is 1.18. The molecule has 3 aromatic heterocycles. The predicted octanol–water partition coefficient (Wildman–Crippen LogP) is 2.13. The average Bonchev–Trinajstić information content (AvgIpc) is 3.55. The smallest absolute Gasteiger partial charge is 0.410 e. The number of carbonyl (C=O) groups is 2. The number of ether oxygens (including phenoxy) is 2. The number of hydrogen-bond donors (Lipinski definition) is 0. The Morgan fingerprint density at radius 1 is 1.11 bits per heavy atom. The van der Waals surface area contributed by atoms with Gasteiger partial charge in [-0.25, -0.2) is 19.3 Å². The molecule has 5 heterocycles. The third kappa shape index (κ3) is 4.29. The number of amides is 2. The number of likely N-dealkylation sites (N-methyl/N-ethyl adjacent to an activating group) is 1. The van der Waals surface area contributed by atoms with Gasteiger partial charge in [-0.05, 0) is 38.0 Å². The highest BCUT2D eigenvalue weighted by Crippen LogP contribution is 2.36. The SMILES string of the molecule is Cc1nn2ccc(N3CCN(C(=O)O[C@H]4CC(=O)N(C)C4)CC3)nc2c1-c1cccnc1OC1CC1. The fourth-order valence-corrected chi connectivity index (χ4v) is 4.78. The number of anilines is 1. The number of piperazine rings is 1. The van der Waals surface area contributed by atoms with Gasteiger partial charge in [0.15, 0.2) is 5.65 Å². The van der Waals surface area contributed by atoms with Gasteiger partial charge >= 0.3 is 6.09 Å². The summed E-state index contributed by atoms with van der Waals surface area (Å²) in [6, 6.07) is 5.85. The second kappa shape index (κ2) is 8.96. The van der Waals surface area contributed by atoms with Crippen LogP contribution in [0.1, 0.15) is 25.0 Å². The number of aryl methyl sites for hydroxylation is 1. The van der Waals surface area contributed by atoms with Crippen molar-refractivity contribution in [2.75, 3.05) is 44.7 Å². The fourth-order valence-electron chi connectivity index (χ4n) is 4.78. The van der Waals surface area contributed by atoms with Gasteiger partial charge in [0.05, 0.1) is 24.2 Å². The summed E-state index contributed by atoms with van der Waals surface area (Å²) in [5.74, 6) is 1.45. The average molecular weight is 492 g/mol. The molecule has 11 nitrogen and oxygen atoms in total. The molecule has 1 atom stereocenters. The van der Waals surface area contributed by atoms with Crippen LogP contribution in [0.2, 0.25) is 0 Å². The molecule has 2 saturated heterocycles. The molecule has 0 unspecified atom stereocenters. The minimum atomic E-state index is -0.373. The lowest BCUT2D eigenvalue weighted by Gasteiger charge is -2.35. The van der Waals surface area contributed by atoms with E-state index < -0.39 is 0 Å². The summed E-state index contributed by atoms with van der Waals surface area (Å²) in [5, 5.41) is 4.66. The standard InChI is InChI=1S/C25H29N7O4/c1-16-22(19-4-3-8-26-24(19)35-17-5-6-17)23-27-20(7-9-32(23)28-16)30-10-12-31(13-11-30)25(34)36-18-14-21(33)29(2)15-18/h3-4,7-9,17-18H,5-6,10-15H2,1-2H3/t18-/m0/s1. The molecule has 3 fully saturated rings. The van der Waals surface area contributed by atoms with Crippen LogP contribution in [0, 0.1) is 6.92 Å². The molecule has 11 heteroatoms. The first-order valence-corrected chi connectivity index (χ1v) is 12.4. The van der Waals surface area contributed by atoms with E-state index in [1.807, 2.05) is 31.3 Å². The summed E-state index contributed by atoms with van der Waals surface area (Å²) in [7, 11) is 1.72. The van der Waals surface area contributed by atoms with Crippen molar-refractivity contribution in [2.45, 2.75) is 38.4 Å². The van der Waals surface area contributed by atoms with E-state index >= 15 is 0 Å². The van der Waals surface area contributed by atoms with Crippen LogP contribution in [0.3, 0.4) is 0 Å². The Morgan fingerprint density at radius 3 is 2.64 bits per heavy atom. The van der Waals surface area contributed by atoms with Crippen LogP contribution >= 0.6 is 0 Å². The van der Waals surface area contributed by atoms with Crippen LogP contribution in [-0.2, 0) is 9.53 Å². The van der Waals surface area contributed by atoms with Crippen molar-refractivity contribution >= 4 is 23.5 Å². The molecule has 0 spiro atoms. The van der Waals surface area contributed by atoms with Gasteiger partial charge in [0.25, 0.3) is 0 Å². The summed E-state index contributed by atoms with van der Waals surface area (Å²) >= 11 is 0. The van der Waals surface area contributed by atoms with E-state index in [0.29, 0.717) is 38.6 Å². The molecule has 3 aliphatic rings. The lowest BCUT2D eigenvalue weighted by molar-refractivity contribution is -0.126. The van der Waals surface area contributed by atoms with Crippen molar-refractivity contribution in [3.63, 3.8) is 0 Å². The highest BCUT2D eigenvalue weighted by Gasteiger charge is 2.32. The van der Waals surface area contributed by atoms with E-state index in [4.69, 9.17) is 14.5 Å². The van der Waals surface area contributed by atoms with Gasteiger partial charge in [-0.3, -0.25) is 4.79 Å². The molecule has 0 radical (unpaired) electrons. The van der Waals surface area contributed by atoms with Crippen LogP contribution in [0.15, 0.2) is 30.6 Å². The largest absolute Gasteiger partial charge is 0.474 e. The van der Waals surface area contributed by atoms with Crippen molar-refractivity contribution in [1.82, 2.24) is 29.4 Å². The number of rotatable bonds is 5. The van der Waals surface area contributed by atoms with Gasteiger partial charge in [-0.15, -0.1) is 0 Å². The molecular formula is C25H29N7O4. The zero-order valence-corrected chi connectivity index (χ0v) is 20.5. The molecule has 0 bridgehead atoms. The summed E-state index contributed by atoms with van der Waals surface area (Å²) < 4.78 is 13.4. The zero-order chi connectivity index (χ0) is 24.8. The van der Waals surface area contributed by atoms with E-state index in [0.717, 1.165) is 41.1 Å². The molecular weight excluding hydrogens is 462 g/mol. The Labute approximate surface area is 208 Å². The Kier molecular flexibility index (Phi) is 5.62. The molecule has 6 rings (SSSR count). The maximum Gasteiger partial charge on any atom is 0.410 e. The first-order valence-electron chi connectivity index (χ1n) is 12.4. The first-order chi connectivity index (χ1) is 17.5. The maximum atomic E-state index is 12.6. The molecule has 36 heavy (non-hydrogen) atoms. The Bertz CT molecular complexity index is 1310. The number of fused-ring (bicyclic) bond motifs is 1. The van der Waals surface area contributed by atoms with Crippen LogP contribution < -0.4 is 9.64 Å². The number of carbonyl (C=O) groups excluding carboxylic acids is 2. The van der Waals surface area contributed by atoms with Crippen LogP contribution in [0.25, 0.3) is 16.8 Å². The number of likely N-dealkylation sites (tertiary alicyclic amines) is 1. The van der Waals surface area contributed by atoms with Gasteiger partial charge in [-0.1, -0.05) is 0 Å². The lowest BCUT2D eigenvalue weighted by Crippen LogP contribution is -2.49. The molecule has 188 valence electrons. The molecule has 1 aliphatic carbocycles. The molecule has 2 amide bonds. The van der Waals surface area contributed by atoms with E-state index in [1.54, 1.807) is 27.6 Å². The minimum Gasteiger partial charge on any atom is -0.474 e. The number of pyridine rings is 1. The van der Waals surface area contributed by atoms with Crippen molar-refractivity contribution in [3.05, 3.63) is 36.3 Å². The first kappa shape index (κ1) is 22.6. The Morgan fingerprint density at radius 2 is 1.92 bits per heavy atom. The monoisotopic (exact) mass is 491 g/mol. The van der Waals surface area contributed by atoms with E-state index in [9.17, 15) is 9.59 Å². The van der Waals surface area contributed by atoms with Crippen molar-refractivity contribution in [3.8, 4) is 17.0 Å². The van der Waals surface area contributed by atoms with Crippen molar-refractivity contribution in [1.29, 1.82) is 0 Å². The summed E-state index contributed by atoms with van der Waals surface area (Å²) in [6.07, 6.45) is 5.53. The van der Waals surface area contributed by atoms with Crippen LogP contribution in [0.4, 0.5) is 10.6 Å². The fraction of sp³-hybridized carbons (Fsp3) is 0.480. The topological polar surface area (TPSA) is 105 Å². The molecule has 2 aliphatic heterocycles. The summed E-state index contributed by atoms with van der Waals surface area (Å²) in [6.45, 7) is 4.73. The van der Waals surface area contributed by atoms with Crippen molar-refractivity contribution in [2.24, 2.45) is 0 Å². The number of aromatic nitrogens is 4. The maximum absolute atomic E-state index is 12.6. The number of nitrogens with zero attached hydrogens (tertiary/aromatic N) is 7. The van der Waals surface area contributed by atoms with Gasteiger partial charge in [-0.2, -0.15) is 5.10 Å². The van der Waals surface area contributed by atoms with Gasteiger partial charge in [0, 0.05) is 51.2 Å². The van der Waals surface area contributed by atoms with E-state index in [1.165, 1.54) is 0 Å². The van der Waals surface area contributed by atoms with Gasteiger partial charge in [0.1, 0.15) is 18.0 Å². The van der Waals surface area contributed by atoms with Crippen LogP contribution in [0.5, 0.6) is 5.88 Å². The van der Waals surface area contributed by atoms with Crippen LogP contribution in [-0.4, -0.2) is 93.4 Å². The summed E-state index contributed by atoms with van der Waals surface area (Å²) in [5.41, 5.74) is 3.41. The highest BCUT2D eigenvalue weighted by molar-refractivity contribution is 5.83. The minimum absolute atomic E-state index is 0.00562. The molecule has 0 N–H and O–H groups in total. The molecule has 1 saturated carbocycles. The third-order valence-electron chi connectivity index (χ3n) is 6.92. The second-order valence-corrected chi connectivity index (χ2v) is 9.65. The lowest BCUT2D eigenvalue weighted by atomic mass is 10.1. The predicted molar refractivity (Wildman–Crippen MR) is 131 cm³/mol. The quantitative estimate of drug-likeness (QED) is 0.535. The third-order valence-corrected chi connectivity index (χ3v) is 6.92. The van der Waals surface area contributed by atoms with Crippen molar-refractivity contribution < 1.29 is 19.1 Å². The summed E-state index contributed by atoms with van der Waals surface area (Å²) in [4.78, 5) is 39.2. The van der Waals surface area contributed by atoms with E-state index in [2.05, 4.69) is 15.0 Å². The molecule has 3 aromatic rings.